The minimum Gasteiger partial charge on any atom is -0.341 e. The zero-order valence-electron chi connectivity index (χ0n) is 8.00. The van der Waals surface area contributed by atoms with Gasteiger partial charge in [0.25, 0.3) is 0 Å². The molecule has 1 saturated heterocycles. The monoisotopic (exact) mass is 296 g/mol. The number of carbonyl (C=O) groups excluding carboxylic acids is 1. The number of nitrogens with zero attached hydrogens (tertiary/aromatic N) is 1. The first-order chi connectivity index (χ1) is 6.13. The van der Waals surface area contributed by atoms with Gasteiger partial charge in [0.15, 0.2) is 0 Å². The summed E-state index contributed by atoms with van der Waals surface area (Å²) >= 11 is 2.21. The Hall–Kier alpha value is 0.160. The van der Waals surface area contributed by atoms with Crippen molar-refractivity contribution in [2.75, 3.05) is 13.1 Å². The van der Waals surface area contributed by atoms with Crippen LogP contribution in [0.1, 0.15) is 26.2 Å². The van der Waals surface area contributed by atoms with Crippen LogP contribution in [0.4, 0.5) is 0 Å². The summed E-state index contributed by atoms with van der Waals surface area (Å²) in [6.07, 6.45) is 3.51. The number of likely N-dealkylation sites (tertiary alicyclic amines) is 1. The van der Waals surface area contributed by atoms with Crippen molar-refractivity contribution in [3.63, 3.8) is 0 Å². The summed E-state index contributed by atoms with van der Waals surface area (Å²) in [6, 6.07) is -0.321. The molecule has 4 heteroatoms. The number of carbonyl (C=O) groups is 1. The maximum Gasteiger partial charge on any atom is 0.240 e. The van der Waals surface area contributed by atoms with Crippen molar-refractivity contribution >= 4 is 28.5 Å². The van der Waals surface area contributed by atoms with Gasteiger partial charge in [-0.25, -0.2) is 0 Å². The maximum absolute atomic E-state index is 11.7. The van der Waals surface area contributed by atoms with E-state index in [4.69, 9.17) is 5.73 Å². The fourth-order valence-electron chi connectivity index (χ4n) is 1.52. The van der Waals surface area contributed by atoms with Crippen molar-refractivity contribution in [1.29, 1.82) is 0 Å². The summed E-state index contributed by atoms with van der Waals surface area (Å²) in [7, 11) is 0. The molecule has 1 fully saturated rings. The smallest absolute Gasteiger partial charge is 0.240 e. The first-order valence-electron chi connectivity index (χ1n) is 4.81. The molecule has 2 N–H and O–H groups in total. The average Bonchev–Trinajstić information content (AvgIpc) is 2.17. The molecule has 1 heterocycles. The Morgan fingerprint density at radius 3 is 2.38 bits per heavy atom. The third-order valence-electron chi connectivity index (χ3n) is 2.45. The van der Waals surface area contributed by atoms with Crippen molar-refractivity contribution in [3.8, 4) is 0 Å². The van der Waals surface area contributed by atoms with E-state index in [1.807, 2.05) is 11.8 Å². The molecule has 2 atom stereocenters. The van der Waals surface area contributed by atoms with Crippen molar-refractivity contribution in [2.45, 2.75) is 36.2 Å². The van der Waals surface area contributed by atoms with Crippen molar-refractivity contribution in [2.24, 2.45) is 5.73 Å². The summed E-state index contributed by atoms with van der Waals surface area (Å²) in [5.41, 5.74) is 5.79. The molecule has 1 amide bonds. The van der Waals surface area contributed by atoms with E-state index < -0.39 is 0 Å². The van der Waals surface area contributed by atoms with Gasteiger partial charge in [-0.3, -0.25) is 4.79 Å². The molecule has 0 aliphatic carbocycles. The van der Waals surface area contributed by atoms with Gasteiger partial charge in [0, 0.05) is 17.0 Å². The van der Waals surface area contributed by atoms with Gasteiger partial charge in [-0.15, -0.1) is 0 Å². The number of alkyl halides is 1. The van der Waals surface area contributed by atoms with Crippen LogP contribution in [0.25, 0.3) is 0 Å². The number of nitrogens with two attached hydrogens (primary N) is 1. The Bertz CT molecular complexity index is 178. The van der Waals surface area contributed by atoms with Crippen LogP contribution in [-0.2, 0) is 4.79 Å². The zero-order valence-corrected chi connectivity index (χ0v) is 10.2. The molecule has 0 saturated carbocycles. The van der Waals surface area contributed by atoms with E-state index in [9.17, 15) is 4.79 Å². The molecule has 0 unspecified atom stereocenters. The lowest BCUT2D eigenvalue weighted by molar-refractivity contribution is -0.133. The molecule has 3 nitrogen and oxygen atoms in total. The van der Waals surface area contributed by atoms with Crippen LogP contribution in [0.3, 0.4) is 0 Å². The Morgan fingerprint density at radius 1 is 1.38 bits per heavy atom. The molecule has 0 aromatic rings. The highest BCUT2D eigenvalue weighted by Gasteiger charge is 2.25. The van der Waals surface area contributed by atoms with Crippen molar-refractivity contribution in [1.82, 2.24) is 4.90 Å². The molecule has 0 radical (unpaired) electrons. The molecule has 0 aromatic carbocycles. The van der Waals surface area contributed by atoms with Gasteiger partial charge < -0.3 is 10.6 Å². The molecule has 0 bridgehead atoms. The third-order valence-corrected chi connectivity index (χ3v) is 3.22. The molecule has 1 aliphatic rings. The third kappa shape index (κ3) is 3.09. The molecule has 1 rings (SSSR count). The Balaban J connectivity index is 2.45. The van der Waals surface area contributed by atoms with Crippen LogP contribution in [-0.4, -0.2) is 33.9 Å². The van der Waals surface area contributed by atoms with Crippen LogP contribution >= 0.6 is 22.6 Å². The highest BCUT2D eigenvalue weighted by Crippen LogP contribution is 2.12. The number of halogens is 1. The van der Waals surface area contributed by atoms with Gasteiger partial charge in [0.1, 0.15) is 0 Å². The summed E-state index contributed by atoms with van der Waals surface area (Å²) in [4.78, 5) is 13.6. The lowest BCUT2D eigenvalue weighted by atomic mass is 10.1. The second kappa shape index (κ2) is 5.14. The number of piperidine rings is 1. The first-order valence-corrected chi connectivity index (χ1v) is 6.06. The minimum absolute atomic E-state index is 0.126. The quantitative estimate of drug-likeness (QED) is 0.614. The standard InChI is InChI=1S/C9H17IN2O/c1-7(10)8(11)9(13)12-5-3-2-4-6-12/h7-8H,2-6,11H2,1H3/t7-,8+/m1/s1. The lowest BCUT2D eigenvalue weighted by Gasteiger charge is -2.29. The van der Waals surface area contributed by atoms with Gasteiger partial charge >= 0.3 is 0 Å². The highest BCUT2D eigenvalue weighted by molar-refractivity contribution is 14.1. The fraction of sp³-hybridized carbons (Fsp3) is 0.889. The molecule has 0 spiro atoms. The predicted molar refractivity (Wildman–Crippen MR) is 61.9 cm³/mol. The zero-order chi connectivity index (χ0) is 9.84. The first kappa shape index (κ1) is 11.2. The number of amides is 1. The average molecular weight is 296 g/mol. The van der Waals surface area contributed by atoms with Gasteiger partial charge in [0.2, 0.25) is 5.91 Å². The van der Waals surface area contributed by atoms with Crippen LogP contribution in [0.2, 0.25) is 0 Å². The second-order valence-corrected chi connectivity index (χ2v) is 5.55. The van der Waals surface area contributed by atoms with Gasteiger partial charge in [-0.05, 0) is 19.3 Å². The van der Waals surface area contributed by atoms with Crippen LogP contribution in [0.5, 0.6) is 0 Å². The van der Waals surface area contributed by atoms with E-state index in [-0.39, 0.29) is 15.9 Å². The van der Waals surface area contributed by atoms with Crippen molar-refractivity contribution in [3.05, 3.63) is 0 Å². The van der Waals surface area contributed by atoms with E-state index >= 15 is 0 Å². The molecule has 13 heavy (non-hydrogen) atoms. The summed E-state index contributed by atoms with van der Waals surface area (Å²) in [6.45, 7) is 3.78. The highest BCUT2D eigenvalue weighted by atomic mass is 127. The van der Waals surface area contributed by atoms with Crippen LogP contribution in [0.15, 0.2) is 0 Å². The van der Waals surface area contributed by atoms with E-state index in [0.717, 1.165) is 25.9 Å². The van der Waals surface area contributed by atoms with E-state index in [1.165, 1.54) is 6.42 Å². The second-order valence-electron chi connectivity index (χ2n) is 3.59. The Morgan fingerprint density at radius 2 is 1.92 bits per heavy atom. The van der Waals surface area contributed by atoms with Gasteiger partial charge in [-0.2, -0.15) is 0 Å². The van der Waals surface area contributed by atoms with Crippen molar-refractivity contribution < 1.29 is 4.79 Å². The molecule has 0 aromatic heterocycles. The van der Waals surface area contributed by atoms with E-state index in [2.05, 4.69) is 22.6 Å². The topological polar surface area (TPSA) is 46.3 Å². The molecule has 76 valence electrons. The number of hydrogen-bond donors (Lipinski definition) is 1. The number of rotatable bonds is 2. The Labute approximate surface area is 93.2 Å². The number of hydrogen-bond acceptors (Lipinski definition) is 2. The van der Waals surface area contributed by atoms with Crippen LogP contribution < -0.4 is 5.73 Å². The van der Waals surface area contributed by atoms with Crippen LogP contribution in [0, 0.1) is 0 Å². The summed E-state index contributed by atoms with van der Waals surface area (Å²) in [5.74, 6) is 0.126. The molecular weight excluding hydrogens is 279 g/mol. The Kier molecular flexibility index (Phi) is 4.45. The minimum atomic E-state index is -0.321. The van der Waals surface area contributed by atoms with E-state index in [0.29, 0.717) is 0 Å². The van der Waals surface area contributed by atoms with E-state index in [1.54, 1.807) is 0 Å². The lowest BCUT2D eigenvalue weighted by Crippen LogP contribution is -2.49. The predicted octanol–water partition coefficient (Wildman–Crippen LogP) is 1.15. The normalized spacial score (nSPS) is 22.5. The summed E-state index contributed by atoms with van der Waals surface area (Å²) < 4.78 is 0.215. The molecular formula is C9H17IN2O. The molecule has 1 aliphatic heterocycles. The van der Waals surface area contributed by atoms with Gasteiger partial charge in [-0.1, -0.05) is 29.5 Å². The summed E-state index contributed by atoms with van der Waals surface area (Å²) in [5, 5.41) is 0. The maximum atomic E-state index is 11.7. The fourth-order valence-corrected chi connectivity index (χ4v) is 1.83. The van der Waals surface area contributed by atoms with Gasteiger partial charge in [0.05, 0.1) is 6.04 Å². The largest absolute Gasteiger partial charge is 0.341 e. The SMILES string of the molecule is C[C@@H](I)[C@H](N)C(=O)N1CCCCC1.